The number of hydrogen-bond acceptors (Lipinski definition) is 2. The smallest absolute Gasteiger partial charge is 0.226 e. The van der Waals surface area contributed by atoms with Crippen LogP contribution in [0, 0.1) is 7.14 Å². The van der Waals surface area contributed by atoms with Crippen molar-refractivity contribution in [3.63, 3.8) is 0 Å². The second-order valence-electron chi connectivity index (χ2n) is 4.04. The van der Waals surface area contributed by atoms with Crippen molar-refractivity contribution in [3.8, 4) is 22.8 Å². The van der Waals surface area contributed by atoms with E-state index in [1.165, 1.54) is 7.14 Å². The van der Waals surface area contributed by atoms with E-state index in [0.29, 0.717) is 5.89 Å². The standard InChI is InChI=1S/C15H9I2NO/c16-12-5-1-10(2-6-12)14-9-18-15(19-14)11-3-7-13(17)8-4-11/h1-9H. The maximum atomic E-state index is 5.82. The summed E-state index contributed by atoms with van der Waals surface area (Å²) in [6, 6.07) is 16.3. The van der Waals surface area contributed by atoms with Crippen LogP contribution >= 0.6 is 45.2 Å². The Labute approximate surface area is 138 Å². The molecule has 0 amide bonds. The molecular weight excluding hydrogens is 464 g/mol. The summed E-state index contributed by atoms with van der Waals surface area (Å²) in [5.41, 5.74) is 2.04. The molecule has 0 N–H and O–H groups in total. The highest BCUT2D eigenvalue weighted by atomic mass is 127. The molecular formula is C15H9I2NO. The summed E-state index contributed by atoms with van der Waals surface area (Å²) in [5, 5.41) is 0. The van der Waals surface area contributed by atoms with Crippen LogP contribution in [0.5, 0.6) is 0 Å². The predicted octanol–water partition coefficient (Wildman–Crippen LogP) is 5.22. The van der Waals surface area contributed by atoms with E-state index in [1.807, 2.05) is 36.4 Å². The zero-order chi connectivity index (χ0) is 13.2. The van der Waals surface area contributed by atoms with Gasteiger partial charge in [-0.3, -0.25) is 0 Å². The third kappa shape index (κ3) is 3.00. The molecule has 3 aromatic rings. The van der Waals surface area contributed by atoms with Gasteiger partial charge in [-0.05, 0) is 81.6 Å². The first-order valence-corrected chi connectivity index (χ1v) is 7.86. The fourth-order valence-corrected chi connectivity index (χ4v) is 2.47. The van der Waals surface area contributed by atoms with Crippen LogP contribution in [0.25, 0.3) is 22.8 Å². The fraction of sp³-hybridized carbons (Fsp3) is 0. The first-order valence-electron chi connectivity index (χ1n) is 5.70. The van der Waals surface area contributed by atoms with E-state index in [9.17, 15) is 0 Å². The molecule has 0 aliphatic carbocycles. The Bertz CT molecular complexity index is 627. The van der Waals surface area contributed by atoms with Crippen LogP contribution in [0.15, 0.2) is 59.1 Å². The summed E-state index contributed by atoms with van der Waals surface area (Å²) in [6.07, 6.45) is 1.77. The van der Waals surface area contributed by atoms with Crippen LogP contribution in [0.1, 0.15) is 0 Å². The quantitative estimate of drug-likeness (QED) is 0.478. The molecule has 94 valence electrons. The van der Waals surface area contributed by atoms with Crippen molar-refractivity contribution in [2.75, 3.05) is 0 Å². The average Bonchev–Trinajstić information content (AvgIpc) is 2.90. The van der Waals surface area contributed by atoms with Gasteiger partial charge in [0, 0.05) is 18.3 Å². The summed E-state index contributed by atoms with van der Waals surface area (Å²) in [6.45, 7) is 0. The van der Waals surface area contributed by atoms with Crippen molar-refractivity contribution in [2.45, 2.75) is 0 Å². The van der Waals surface area contributed by atoms with Crippen LogP contribution in [0.3, 0.4) is 0 Å². The van der Waals surface area contributed by atoms with E-state index < -0.39 is 0 Å². The third-order valence-corrected chi connectivity index (χ3v) is 4.16. The predicted molar refractivity (Wildman–Crippen MR) is 92.8 cm³/mol. The van der Waals surface area contributed by atoms with Crippen LogP contribution in [-0.4, -0.2) is 4.98 Å². The molecule has 0 spiro atoms. The van der Waals surface area contributed by atoms with Gasteiger partial charge >= 0.3 is 0 Å². The first-order chi connectivity index (χ1) is 9.22. The highest BCUT2D eigenvalue weighted by molar-refractivity contribution is 14.1. The van der Waals surface area contributed by atoms with Crippen LogP contribution in [0.2, 0.25) is 0 Å². The molecule has 1 heterocycles. The number of halogens is 2. The summed E-state index contributed by atoms with van der Waals surface area (Å²) in [4.78, 5) is 4.34. The van der Waals surface area contributed by atoms with Gasteiger partial charge in [0.1, 0.15) is 0 Å². The zero-order valence-corrected chi connectivity index (χ0v) is 14.1. The van der Waals surface area contributed by atoms with E-state index in [-0.39, 0.29) is 0 Å². The van der Waals surface area contributed by atoms with E-state index >= 15 is 0 Å². The molecule has 0 aliphatic rings. The lowest BCUT2D eigenvalue weighted by atomic mass is 10.2. The maximum absolute atomic E-state index is 5.82. The minimum absolute atomic E-state index is 0.657. The van der Waals surface area contributed by atoms with Crippen molar-refractivity contribution in [3.05, 3.63) is 61.9 Å². The molecule has 1 aromatic heterocycles. The van der Waals surface area contributed by atoms with Crippen molar-refractivity contribution in [1.29, 1.82) is 0 Å². The first kappa shape index (κ1) is 13.1. The van der Waals surface area contributed by atoms with Crippen LogP contribution < -0.4 is 0 Å². The van der Waals surface area contributed by atoms with Crippen molar-refractivity contribution in [1.82, 2.24) is 4.98 Å². The van der Waals surface area contributed by atoms with Gasteiger partial charge < -0.3 is 4.42 Å². The lowest BCUT2D eigenvalue weighted by Crippen LogP contribution is -1.77. The van der Waals surface area contributed by atoms with Crippen LogP contribution in [0.4, 0.5) is 0 Å². The number of oxazole rings is 1. The molecule has 19 heavy (non-hydrogen) atoms. The van der Waals surface area contributed by atoms with Gasteiger partial charge in [0.25, 0.3) is 0 Å². The summed E-state index contributed by atoms with van der Waals surface area (Å²) in [7, 11) is 0. The molecule has 0 fully saturated rings. The summed E-state index contributed by atoms with van der Waals surface area (Å²) in [5.74, 6) is 1.45. The van der Waals surface area contributed by atoms with Gasteiger partial charge in [0.2, 0.25) is 5.89 Å². The van der Waals surface area contributed by atoms with Gasteiger partial charge in [0.05, 0.1) is 6.20 Å². The molecule has 2 nitrogen and oxygen atoms in total. The zero-order valence-electron chi connectivity index (χ0n) is 9.81. The largest absolute Gasteiger partial charge is 0.436 e. The lowest BCUT2D eigenvalue weighted by Gasteiger charge is -1.97. The number of aromatic nitrogens is 1. The lowest BCUT2D eigenvalue weighted by molar-refractivity contribution is 0.589. The Morgan fingerprint density at radius 3 is 1.84 bits per heavy atom. The monoisotopic (exact) mass is 473 g/mol. The van der Waals surface area contributed by atoms with Crippen molar-refractivity contribution >= 4 is 45.2 Å². The molecule has 0 bridgehead atoms. The Balaban J connectivity index is 1.95. The van der Waals surface area contributed by atoms with E-state index in [0.717, 1.165) is 16.9 Å². The van der Waals surface area contributed by atoms with E-state index in [1.54, 1.807) is 6.20 Å². The molecule has 0 radical (unpaired) electrons. The number of benzene rings is 2. The van der Waals surface area contributed by atoms with E-state index in [4.69, 9.17) is 4.42 Å². The normalized spacial score (nSPS) is 10.6. The summed E-state index contributed by atoms with van der Waals surface area (Å²) < 4.78 is 8.23. The number of hydrogen-bond donors (Lipinski definition) is 0. The molecule has 0 saturated carbocycles. The molecule has 0 saturated heterocycles. The molecule has 0 atom stereocenters. The molecule has 0 aliphatic heterocycles. The Kier molecular flexibility index (Phi) is 3.88. The third-order valence-electron chi connectivity index (χ3n) is 2.73. The van der Waals surface area contributed by atoms with Gasteiger partial charge in [-0.15, -0.1) is 0 Å². The van der Waals surface area contributed by atoms with Gasteiger partial charge in [-0.2, -0.15) is 0 Å². The average molecular weight is 473 g/mol. The SMILES string of the molecule is Ic1ccc(-c2cnc(-c3ccc(I)cc3)o2)cc1. The minimum Gasteiger partial charge on any atom is -0.436 e. The fourth-order valence-electron chi connectivity index (χ4n) is 1.75. The maximum Gasteiger partial charge on any atom is 0.226 e. The second-order valence-corrected chi connectivity index (χ2v) is 6.53. The van der Waals surface area contributed by atoms with Crippen molar-refractivity contribution in [2.24, 2.45) is 0 Å². The van der Waals surface area contributed by atoms with Gasteiger partial charge in [-0.1, -0.05) is 12.1 Å². The van der Waals surface area contributed by atoms with Crippen molar-refractivity contribution < 1.29 is 4.42 Å². The Hall–Kier alpha value is -0.890. The second kappa shape index (κ2) is 5.62. The molecule has 4 heteroatoms. The van der Waals surface area contributed by atoms with Gasteiger partial charge in [0.15, 0.2) is 5.76 Å². The molecule has 2 aromatic carbocycles. The summed E-state index contributed by atoms with van der Waals surface area (Å²) >= 11 is 4.57. The van der Waals surface area contributed by atoms with E-state index in [2.05, 4.69) is 62.3 Å². The number of rotatable bonds is 2. The molecule has 3 rings (SSSR count). The topological polar surface area (TPSA) is 26.0 Å². The number of nitrogens with zero attached hydrogens (tertiary/aromatic N) is 1. The van der Waals surface area contributed by atoms with Crippen LogP contribution in [-0.2, 0) is 0 Å². The van der Waals surface area contributed by atoms with Gasteiger partial charge in [-0.25, -0.2) is 4.98 Å². The highest BCUT2D eigenvalue weighted by Gasteiger charge is 2.08. The molecule has 0 unspecified atom stereocenters. The minimum atomic E-state index is 0.657. The Morgan fingerprint density at radius 2 is 1.26 bits per heavy atom. The highest BCUT2D eigenvalue weighted by Crippen LogP contribution is 2.26. The Morgan fingerprint density at radius 1 is 0.737 bits per heavy atom.